The summed E-state index contributed by atoms with van der Waals surface area (Å²) < 4.78 is 6.03. The second-order valence-electron chi connectivity index (χ2n) is 7.55. The molecule has 0 bridgehead atoms. The third kappa shape index (κ3) is 4.72. The number of benzene rings is 1. The van der Waals surface area contributed by atoms with E-state index in [4.69, 9.17) is 4.74 Å². The highest BCUT2D eigenvalue weighted by Gasteiger charge is 2.08. The Morgan fingerprint density at radius 3 is 2.67 bits per heavy atom. The van der Waals surface area contributed by atoms with Gasteiger partial charge in [-0.1, -0.05) is 35.6 Å². The molecule has 0 aliphatic heterocycles. The second kappa shape index (κ2) is 9.40. The quantitative estimate of drug-likeness (QED) is 0.371. The number of pyridine rings is 3. The third-order valence-electron chi connectivity index (χ3n) is 5.34. The molecule has 1 aromatic carbocycles. The van der Waals surface area contributed by atoms with Gasteiger partial charge in [-0.15, -0.1) is 0 Å². The molecule has 4 heterocycles. The first kappa shape index (κ1) is 21.1. The molecule has 0 amide bonds. The van der Waals surface area contributed by atoms with Crippen molar-refractivity contribution < 1.29 is 4.74 Å². The molecule has 0 radical (unpaired) electrons. The van der Waals surface area contributed by atoms with Crippen molar-refractivity contribution in [2.24, 2.45) is 0 Å². The van der Waals surface area contributed by atoms with Crippen molar-refractivity contribution >= 4 is 32.7 Å². The molecule has 164 valence electrons. The Hall–Kier alpha value is -3.75. The van der Waals surface area contributed by atoms with Crippen LogP contribution >= 0.6 is 11.3 Å². The highest BCUT2D eigenvalue weighted by molar-refractivity contribution is 7.16. The van der Waals surface area contributed by atoms with Crippen molar-refractivity contribution in [2.75, 3.05) is 13.7 Å². The molecular formula is C25H21N5O2S. The predicted octanol–water partition coefficient (Wildman–Crippen LogP) is 4.00. The van der Waals surface area contributed by atoms with Crippen LogP contribution in [0, 0.1) is 0 Å². The predicted molar refractivity (Wildman–Crippen MR) is 131 cm³/mol. The molecule has 0 aliphatic carbocycles. The summed E-state index contributed by atoms with van der Waals surface area (Å²) in [7, 11) is 1.61. The van der Waals surface area contributed by atoms with Gasteiger partial charge < -0.3 is 10.1 Å². The topological polar surface area (TPSA) is 89.9 Å². The highest BCUT2D eigenvalue weighted by Crippen LogP contribution is 2.27. The van der Waals surface area contributed by atoms with E-state index in [1.807, 2.05) is 24.3 Å². The van der Waals surface area contributed by atoms with E-state index in [0.717, 1.165) is 45.4 Å². The summed E-state index contributed by atoms with van der Waals surface area (Å²) in [6.07, 6.45) is 5.82. The Labute approximate surface area is 194 Å². The lowest BCUT2D eigenvalue weighted by atomic mass is 10.0. The summed E-state index contributed by atoms with van der Waals surface area (Å²) in [6.45, 7) is 1.52. The summed E-state index contributed by atoms with van der Waals surface area (Å²) in [5.41, 5.74) is 6.68. The molecule has 0 aliphatic rings. The maximum Gasteiger partial charge on any atom is 0.251 e. The fraction of sp³-hybridized carbons (Fsp3) is 0.160. The van der Waals surface area contributed by atoms with Crippen LogP contribution in [-0.2, 0) is 13.0 Å². The number of fused-ring (bicyclic) bond motifs is 2. The molecule has 0 saturated carbocycles. The molecule has 7 nitrogen and oxygen atoms in total. The largest absolute Gasteiger partial charge is 0.481 e. The Morgan fingerprint density at radius 2 is 1.82 bits per heavy atom. The monoisotopic (exact) mass is 455 g/mol. The van der Waals surface area contributed by atoms with Crippen LogP contribution in [-0.4, -0.2) is 33.6 Å². The van der Waals surface area contributed by atoms with Gasteiger partial charge in [0.2, 0.25) is 5.88 Å². The minimum absolute atomic E-state index is 0.0625. The van der Waals surface area contributed by atoms with Crippen LogP contribution in [0.2, 0.25) is 0 Å². The summed E-state index contributed by atoms with van der Waals surface area (Å²) in [5.74, 6) is 0.575. The lowest BCUT2D eigenvalue weighted by Crippen LogP contribution is -2.16. The van der Waals surface area contributed by atoms with Crippen LogP contribution in [0.1, 0.15) is 11.1 Å². The molecule has 4 aromatic heterocycles. The van der Waals surface area contributed by atoms with Gasteiger partial charge in [0.15, 0.2) is 5.65 Å². The molecule has 0 spiro atoms. The van der Waals surface area contributed by atoms with Crippen LogP contribution in [0.5, 0.6) is 5.88 Å². The van der Waals surface area contributed by atoms with Crippen LogP contribution in [0.25, 0.3) is 32.5 Å². The fourth-order valence-electron chi connectivity index (χ4n) is 3.67. The van der Waals surface area contributed by atoms with Gasteiger partial charge in [0.1, 0.15) is 5.52 Å². The third-order valence-corrected chi connectivity index (χ3v) is 6.17. The summed E-state index contributed by atoms with van der Waals surface area (Å²) in [4.78, 5) is 28.9. The second-order valence-corrected chi connectivity index (χ2v) is 8.59. The van der Waals surface area contributed by atoms with Crippen LogP contribution in [0.4, 0.5) is 0 Å². The molecule has 0 unspecified atom stereocenters. The molecule has 5 rings (SSSR count). The Kier molecular flexibility index (Phi) is 6.01. The average molecular weight is 456 g/mol. The van der Waals surface area contributed by atoms with Gasteiger partial charge in [-0.25, -0.2) is 15.0 Å². The molecule has 0 saturated heterocycles. The number of ether oxygens (including phenoxy) is 1. The first-order chi connectivity index (χ1) is 16.2. The number of hydrogen-bond donors (Lipinski definition) is 1. The van der Waals surface area contributed by atoms with Crippen LogP contribution in [0.15, 0.2) is 71.9 Å². The Morgan fingerprint density at radius 1 is 0.970 bits per heavy atom. The zero-order chi connectivity index (χ0) is 22.6. The average Bonchev–Trinajstić information content (AvgIpc) is 2.86. The van der Waals surface area contributed by atoms with Gasteiger partial charge in [0.05, 0.1) is 23.5 Å². The lowest BCUT2D eigenvalue weighted by molar-refractivity contribution is 0.399. The van der Waals surface area contributed by atoms with Crippen LogP contribution in [0.3, 0.4) is 0 Å². The summed E-state index contributed by atoms with van der Waals surface area (Å²) >= 11 is 1.17. The van der Waals surface area contributed by atoms with E-state index in [1.165, 1.54) is 23.1 Å². The number of hydrogen-bond acceptors (Lipinski definition) is 8. The number of aromatic nitrogens is 4. The molecule has 1 N–H and O–H groups in total. The van der Waals surface area contributed by atoms with Gasteiger partial charge in [0, 0.05) is 30.6 Å². The van der Waals surface area contributed by atoms with Gasteiger partial charge in [-0.05, 0) is 47.9 Å². The van der Waals surface area contributed by atoms with Gasteiger partial charge >= 0.3 is 0 Å². The summed E-state index contributed by atoms with van der Waals surface area (Å²) in [6, 6.07) is 16.2. The van der Waals surface area contributed by atoms with Crippen LogP contribution < -0.4 is 14.8 Å². The van der Waals surface area contributed by atoms with Gasteiger partial charge in [-0.2, -0.15) is 0 Å². The van der Waals surface area contributed by atoms with E-state index < -0.39 is 0 Å². The molecule has 0 fully saturated rings. The highest BCUT2D eigenvalue weighted by atomic mass is 32.1. The number of rotatable bonds is 7. The molecule has 5 aromatic rings. The standard InChI is InChI=1S/C25H21N5O2S/c1-32-22-7-6-20-24(30-22)19(9-11-27-20)18-4-2-16(3-5-18)8-10-26-13-17-12-21-25(28-14-17)29-15-23(31)33-21/h2-7,9,11-12,14-15,26H,8,10,13H2,1H3. The smallest absolute Gasteiger partial charge is 0.251 e. The zero-order valence-corrected chi connectivity index (χ0v) is 18.8. The maximum atomic E-state index is 11.5. The molecule has 8 heteroatoms. The minimum Gasteiger partial charge on any atom is -0.481 e. The Bertz CT molecular complexity index is 1480. The van der Waals surface area contributed by atoms with Gasteiger partial charge in [-0.3, -0.25) is 9.78 Å². The number of methoxy groups -OCH3 is 1. The van der Waals surface area contributed by atoms with Gasteiger partial charge in [0.25, 0.3) is 4.74 Å². The van der Waals surface area contributed by atoms with E-state index in [0.29, 0.717) is 18.1 Å². The van der Waals surface area contributed by atoms with Crippen molar-refractivity contribution in [3.05, 3.63) is 87.8 Å². The van der Waals surface area contributed by atoms with E-state index in [9.17, 15) is 4.79 Å². The van der Waals surface area contributed by atoms with Crippen molar-refractivity contribution in [1.29, 1.82) is 0 Å². The normalized spacial score (nSPS) is 11.2. The zero-order valence-electron chi connectivity index (χ0n) is 18.0. The fourth-order valence-corrected chi connectivity index (χ4v) is 4.39. The summed E-state index contributed by atoms with van der Waals surface area (Å²) in [5, 5.41) is 3.45. The Balaban J connectivity index is 1.23. The van der Waals surface area contributed by atoms with Crippen molar-refractivity contribution in [2.45, 2.75) is 13.0 Å². The molecular weight excluding hydrogens is 434 g/mol. The van der Waals surface area contributed by atoms with E-state index in [-0.39, 0.29) is 4.74 Å². The van der Waals surface area contributed by atoms with Crippen molar-refractivity contribution in [3.8, 4) is 17.0 Å². The number of nitrogens with one attached hydrogen (secondary N) is 1. The first-order valence-corrected chi connectivity index (χ1v) is 11.4. The van der Waals surface area contributed by atoms with E-state index in [2.05, 4.69) is 49.5 Å². The lowest BCUT2D eigenvalue weighted by Gasteiger charge is -2.09. The minimum atomic E-state index is -0.0625. The molecule has 33 heavy (non-hydrogen) atoms. The van der Waals surface area contributed by atoms with Crippen molar-refractivity contribution in [1.82, 2.24) is 25.3 Å². The number of nitrogens with zero attached hydrogens (tertiary/aromatic N) is 4. The first-order valence-electron chi connectivity index (χ1n) is 10.5. The van der Waals surface area contributed by atoms with E-state index >= 15 is 0 Å². The van der Waals surface area contributed by atoms with E-state index in [1.54, 1.807) is 19.5 Å². The SMILES string of the molecule is COc1ccc2nccc(-c3ccc(CCNCc4cnc5ncc(=O)sc5c4)cc3)c2n1. The molecule has 0 atom stereocenters. The maximum absolute atomic E-state index is 11.5. The van der Waals surface area contributed by atoms with Crippen molar-refractivity contribution in [3.63, 3.8) is 0 Å².